The van der Waals surface area contributed by atoms with E-state index in [0.29, 0.717) is 6.54 Å². The SMILES string of the molecule is CCNC(=NCc1nncn1CC)NCCn1cccc1. The highest BCUT2D eigenvalue weighted by molar-refractivity contribution is 5.79. The number of nitrogens with zero attached hydrogens (tertiary/aromatic N) is 5. The van der Waals surface area contributed by atoms with Crippen molar-refractivity contribution in [3.05, 3.63) is 36.7 Å². The first-order valence-electron chi connectivity index (χ1n) is 7.33. The van der Waals surface area contributed by atoms with E-state index in [1.54, 1.807) is 6.33 Å². The van der Waals surface area contributed by atoms with Crippen LogP contribution >= 0.6 is 0 Å². The van der Waals surface area contributed by atoms with Gasteiger partial charge in [-0.25, -0.2) is 4.99 Å². The highest BCUT2D eigenvalue weighted by Gasteiger charge is 2.02. The second-order valence-electron chi connectivity index (χ2n) is 4.58. The van der Waals surface area contributed by atoms with E-state index in [9.17, 15) is 0 Å². The summed E-state index contributed by atoms with van der Waals surface area (Å²) in [7, 11) is 0. The highest BCUT2D eigenvalue weighted by Crippen LogP contribution is 1.97. The predicted molar refractivity (Wildman–Crippen MR) is 82.9 cm³/mol. The second kappa shape index (κ2) is 8.08. The smallest absolute Gasteiger partial charge is 0.191 e. The summed E-state index contributed by atoms with van der Waals surface area (Å²) in [5, 5.41) is 14.6. The second-order valence-corrected chi connectivity index (χ2v) is 4.58. The number of aryl methyl sites for hydroxylation is 1. The van der Waals surface area contributed by atoms with E-state index in [1.807, 2.05) is 16.7 Å². The molecule has 0 atom stereocenters. The number of aromatic nitrogens is 4. The van der Waals surface area contributed by atoms with Gasteiger partial charge < -0.3 is 19.8 Å². The van der Waals surface area contributed by atoms with Gasteiger partial charge in [0.1, 0.15) is 12.9 Å². The zero-order valence-corrected chi connectivity index (χ0v) is 12.7. The molecule has 2 aromatic heterocycles. The van der Waals surface area contributed by atoms with Gasteiger partial charge in [0.25, 0.3) is 0 Å². The normalized spacial score (nSPS) is 11.6. The number of guanidine groups is 1. The Kier molecular flexibility index (Phi) is 5.81. The molecule has 2 rings (SSSR count). The summed E-state index contributed by atoms with van der Waals surface area (Å²) in [6.45, 7) is 8.05. The van der Waals surface area contributed by atoms with Gasteiger partial charge in [-0.1, -0.05) is 0 Å². The minimum absolute atomic E-state index is 0.521. The van der Waals surface area contributed by atoms with Crippen LogP contribution in [0.15, 0.2) is 35.8 Å². The first-order chi connectivity index (χ1) is 10.3. The van der Waals surface area contributed by atoms with E-state index < -0.39 is 0 Å². The van der Waals surface area contributed by atoms with Gasteiger partial charge in [0.15, 0.2) is 11.8 Å². The molecule has 0 radical (unpaired) electrons. The van der Waals surface area contributed by atoms with Gasteiger partial charge >= 0.3 is 0 Å². The minimum Gasteiger partial charge on any atom is -0.357 e. The van der Waals surface area contributed by atoms with Crippen LogP contribution < -0.4 is 10.6 Å². The first kappa shape index (κ1) is 15.1. The largest absolute Gasteiger partial charge is 0.357 e. The van der Waals surface area contributed by atoms with Crippen LogP contribution in [0.1, 0.15) is 19.7 Å². The van der Waals surface area contributed by atoms with Gasteiger partial charge in [0.2, 0.25) is 0 Å². The molecule has 21 heavy (non-hydrogen) atoms. The molecule has 2 heterocycles. The zero-order valence-electron chi connectivity index (χ0n) is 12.7. The summed E-state index contributed by atoms with van der Waals surface area (Å²) in [6.07, 6.45) is 5.84. The topological polar surface area (TPSA) is 72.1 Å². The van der Waals surface area contributed by atoms with Gasteiger partial charge in [-0.05, 0) is 26.0 Å². The summed E-state index contributed by atoms with van der Waals surface area (Å²) in [5.41, 5.74) is 0. The summed E-state index contributed by atoms with van der Waals surface area (Å²) in [4.78, 5) is 4.55. The Morgan fingerprint density at radius 2 is 2.05 bits per heavy atom. The van der Waals surface area contributed by atoms with E-state index >= 15 is 0 Å². The molecule has 0 spiro atoms. The van der Waals surface area contributed by atoms with Gasteiger partial charge in [0.05, 0.1) is 0 Å². The third kappa shape index (κ3) is 4.62. The molecule has 0 saturated carbocycles. The predicted octanol–water partition coefficient (Wildman–Crippen LogP) is 0.855. The lowest BCUT2D eigenvalue weighted by Gasteiger charge is -2.11. The maximum atomic E-state index is 4.55. The van der Waals surface area contributed by atoms with Crippen LogP contribution in [0.5, 0.6) is 0 Å². The number of hydrogen-bond acceptors (Lipinski definition) is 3. The Morgan fingerprint density at radius 1 is 1.24 bits per heavy atom. The van der Waals surface area contributed by atoms with E-state index in [0.717, 1.165) is 38.0 Å². The van der Waals surface area contributed by atoms with E-state index in [1.165, 1.54) is 0 Å². The molecule has 0 aliphatic rings. The molecule has 0 amide bonds. The van der Waals surface area contributed by atoms with Crippen LogP contribution in [-0.4, -0.2) is 38.4 Å². The van der Waals surface area contributed by atoms with Gasteiger partial charge in [-0.3, -0.25) is 0 Å². The zero-order chi connectivity index (χ0) is 14.9. The van der Waals surface area contributed by atoms with Crippen LogP contribution in [0.3, 0.4) is 0 Å². The first-order valence-corrected chi connectivity index (χ1v) is 7.33. The van der Waals surface area contributed by atoms with Gasteiger partial charge in [0, 0.05) is 38.6 Å². The summed E-state index contributed by atoms with van der Waals surface area (Å²) in [5.74, 6) is 1.68. The van der Waals surface area contributed by atoms with Crippen LogP contribution in [0.2, 0.25) is 0 Å². The Hall–Kier alpha value is -2.31. The molecular formula is C14H23N7. The summed E-state index contributed by atoms with van der Waals surface area (Å²) >= 11 is 0. The van der Waals surface area contributed by atoms with Crippen LogP contribution in [0.25, 0.3) is 0 Å². The van der Waals surface area contributed by atoms with Crippen molar-refractivity contribution in [3.8, 4) is 0 Å². The van der Waals surface area contributed by atoms with Crippen molar-refractivity contribution in [2.45, 2.75) is 33.5 Å². The number of rotatable bonds is 7. The Labute approximate surface area is 125 Å². The van der Waals surface area contributed by atoms with E-state index in [-0.39, 0.29) is 0 Å². The van der Waals surface area contributed by atoms with E-state index in [4.69, 9.17) is 0 Å². The number of nitrogens with one attached hydrogen (secondary N) is 2. The fourth-order valence-electron chi connectivity index (χ4n) is 1.98. The molecule has 7 heteroatoms. The fraction of sp³-hybridized carbons (Fsp3) is 0.500. The van der Waals surface area contributed by atoms with Crippen molar-refractivity contribution in [1.82, 2.24) is 30.0 Å². The Bertz CT molecular complexity index is 541. The fourth-order valence-corrected chi connectivity index (χ4v) is 1.98. The third-order valence-corrected chi connectivity index (χ3v) is 3.09. The maximum absolute atomic E-state index is 4.55. The van der Waals surface area contributed by atoms with Crippen LogP contribution in [0, 0.1) is 0 Å². The lowest BCUT2D eigenvalue weighted by atomic mass is 10.5. The molecule has 0 unspecified atom stereocenters. The average molecular weight is 289 g/mol. The number of aliphatic imine (C=N–C) groups is 1. The Morgan fingerprint density at radius 3 is 2.76 bits per heavy atom. The van der Waals surface area contributed by atoms with Gasteiger partial charge in [-0.15, -0.1) is 10.2 Å². The third-order valence-electron chi connectivity index (χ3n) is 3.09. The Balaban J connectivity index is 1.86. The highest BCUT2D eigenvalue weighted by atomic mass is 15.3. The molecule has 7 nitrogen and oxygen atoms in total. The maximum Gasteiger partial charge on any atom is 0.191 e. The van der Waals surface area contributed by atoms with Crippen molar-refractivity contribution in [3.63, 3.8) is 0 Å². The molecule has 0 bridgehead atoms. The van der Waals surface area contributed by atoms with Crippen LogP contribution in [-0.2, 0) is 19.6 Å². The number of hydrogen-bond donors (Lipinski definition) is 2. The summed E-state index contributed by atoms with van der Waals surface area (Å²) < 4.78 is 4.12. The minimum atomic E-state index is 0.521. The van der Waals surface area contributed by atoms with Gasteiger partial charge in [-0.2, -0.15) is 0 Å². The quantitative estimate of drug-likeness (QED) is 0.585. The monoisotopic (exact) mass is 289 g/mol. The van der Waals surface area contributed by atoms with Crippen molar-refractivity contribution < 1.29 is 0 Å². The van der Waals surface area contributed by atoms with Crippen molar-refractivity contribution in [2.24, 2.45) is 4.99 Å². The molecular weight excluding hydrogens is 266 g/mol. The van der Waals surface area contributed by atoms with E-state index in [2.05, 4.69) is 56.6 Å². The van der Waals surface area contributed by atoms with Crippen LogP contribution in [0.4, 0.5) is 0 Å². The molecule has 2 N–H and O–H groups in total. The van der Waals surface area contributed by atoms with Crippen molar-refractivity contribution >= 4 is 5.96 Å². The lowest BCUT2D eigenvalue weighted by molar-refractivity contribution is 0.660. The molecule has 2 aromatic rings. The molecule has 0 fully saturated rings. The van der Waals surface area contributed by atoms with Crippen molar-refractivity contribution in [2.75, 3.05) is 13.1 Å². The standard InChI is InChI=1S/C14H23N7/c1-3-15-14(16-7-10-20-8-5-6-9-20)17-11-13-19-18-12-21(13)4-2/h5-6,8-9,12H,3-4,7,10-11H2,1-2H3,(H2,15,16,17). The molecule has 0 saturated heterocycles. The molecule has 114 valence electrons. The summed E-state index contributed by atoms with van der Waals surface area (Å²) in [6, 6.07) is 4.05. The lowest BCUT2D eigenvalue weighted by Crippen LogP contribution is -2.38. The van der Waals surface area contributed by atoms with Crippen molar-refractivity contribution in [1.29, 1.82) is 0 Å². The molecule has 0 aromatic carbocycles. The molecule has 0 aliphatic carbocycles. The molecule has 0 aliphatic heterocycles. The average Bonchev–Trinajstić information content (AvgIpc) is 3.15.